The Labute approximate surface area is 139 Å². The van der Waals surface area contributed by atoms with E-state index in [0.29, 0.717) is 19.0 Å². The quantitative estimate of drug-likeness (QED) is 0.874. The molecule has 1 atom stereocenters. The van der Waals surface area contributed by atoms with Crippen molar-refractivity contribution in [3.63, 3.8) is 0 Å². The molecule has 22 heavy (non-hydrogen) atoms. The molecule has 1 aromatic rings. The van der Waals surface area contributed by atoms with E-state index in [9.17, 15) is 4.79 Å². The third-order valence-corrected chi connectivity index (χ3v) is 4.36. The molecular formula is C17H27ClN2O2. The third kappa shape index (κ3) is 5.18. The van der Waals surface area contributed by atoms with Crippen LogP contribution in [0.4, 0.5) is 0 Å². The van der Waals surface area contributed by atoms with Crippen LogP contribution in [0.2, 0.25) is 0 Å². The van der Waals surface area contributed by atoms with Crippen molar-refractivity contribution in [2.75, 3.05) is 20.2 Å². The van der Waals surface area contributed by atoms with Gasteiger partial charge < -0.3 is 15.4 Å². The first kappa shape index (κ1) is 18.8. The first-order valence-electron chi connectivity index (χ1n) is 7.64. The number of hydrogen-bond acceptors (Lipinski definition) is 3. The fourth-order valence-corrected chi connectivity index (χ4v) is 2.83. The topological polar surface area (TPSA) is 50.4 Å². The summed E-state index contributed by atoms with van der Waals surface area (Å²) in [7, 11) is 1.64. The van der Waals surface area contributed by atoms with Crippen LogP contribution >= 0.6 is 12.4 Å². The lowest BCUT2D eigenvalue weighted by Gasteiger charge is -2.39. The highest BCUT2D eigenvalue weighted by molar-refractivity contribution is 5.85. The van der Waals surface area contributed by atoms with Gasteiger partial charge in [0, 0.05) is 12.6 Å². The van der Waals surface area contributed by atoms with E-state index < -0.39 is 0 Å². The second kappa shape index (κ2) is 8.39. The lowest BCUT2D eigenvalue weighted by molar-refractivity contribution is -0.120. The van der Waals surface area contributed by atoms with Gasteiger partial charge in [0.05, 0.1) is 13.5 Å². The monoisotopic (exact) mass is 326 g/mol. The second-order valence-electron chi connectivity index (χ2n) is 6.43. The van der Waals surface area contributed by atoms with Crippen molar-refractivity contribution in [3.05, 3.63) is 29.8 Å². The van der Waals surface area contributed by atoms with E-state index in [1.54, 1.807) is 7.11 Å². The maximum Gasteiger partial charge on any atom is 0.224 e. The SMILES string of the molecule is COc1ccc(CC(=O)NCC2NCCCC2(C)C)cc1.Cl. The van der Waals surface area contributed by atoms with Crippen LogP contribution in [-0.2, 0) is 11.2 Å². The normalized spacial score (nSPS) is 19.9. The molecule has 1 amide bonds. The molecule has 4 nitrogen and oxygen atoms in total. The van der Waals surface area contributed by atoms with Crippen LogP contribution in [0, 0.1) is 5.41 Å². The highest BCUT2D eigenvalue weighted by Crippen LogP contribution is 2.29. The van der Waals surface area contributed by atoms with Crippen LogP contribution in [0.25, 0.3) is 0 Å². The number of rotatable bonds is 5. The molecule has 0 spiro atoms. The van der Waals surface area contributed by atoms with Crippen molar-refractivity contribution in [2.24, 2.45) is 5.41 Å². The number of benzene rings is 1. The molecule has 0 aromatic heterocycles. The van der Waals surface area contributed by atoms with Crippen LogP contribution in [0.3, 0.4) is 0 Å². The number of piperidine rings is 1. The maximum atomic E-state index is 12.1. The molecule has 2 rings (SSSR count). The summed E-state index contributed by atoms with van der Waals surface area (Å²) in [6.45, 7) is 6.27. The Hall–Kier alpha value is -1.26. The Bertz CT molecular complexity index is 474. The molecule has 1 aliphatic heterocycles. The molecule has 1 aromatic carbocycles. The van der Waals surface area contributed by atoms with Crippen LogP contribution in [0.15, 0.2) is 24.3 Å². The smallest absolute Gasteiger partial charge is 0.224 e. The second-order valence-corrected chi connectivity index (χ2v) is 6.43. The maximum absolute atomic E-state index is 12.1. The van der Waals surface area contributed by atoms with Crippen molar-refractivity contribution in [1.29, 1.82) is 0 Å². The van der Waals surface area contributed by atoms with Gasteiger partial charge in [-0.05, 0) is 42.5 Å². The van der Waals surface area contributed by atoms with Gasteiger partial charge in [0.2, 0.25) is 5.91 Å². The van der Waals surface area contributed by atoms with E-state index >= 15 is 0 Å². The third-order valence-electron chi connectivity index (χ3n) is 4.36. The first-order valence-corrected chi connectivity index (χ1v) is 7.64. The number of nitrogens with one attached hydrogen (secondary N) is 2. The number of amides is 1. The minimum atomic E-state index is 0. The number of carbonyl (C=O) groups excluding carboxylic acids is 1. The standard InChI is InChI=1S/C17H26N2O2.ClH/c1-17(2)9-4-10-18-15(17)12-19-16(20)11-13-5-7-14(21-3)8-6-13;/h5-8,15,18H,4,9-12H2,1-3H3,(H,19,20);1H. The van der Waals surface area contributed by atoms with Crippen molar-refractivity contribution in [3.8, 4) is 5.75 Å². The van der Waals surface area contributed by atoms with Crippen molar-refractivity contribution in [2.45, 2.75) is 39.2 Å². The largest absolute Gasteiger partial charge is 0.497 e. The zero-order valence-electron chi connectivity index (χ0n) is 13.6. The average Bonchev–Trinajstić information content (AvgIpc) is 2.46. The van der Waals surface area contributed by atoms with E-state index in [-0.39, 0.29) is 23.7 Å². The average molecular weight is 327 g/mol. The molecule has 0 aliphatic carbocycles. The summed E-state index contributed by atoms with van der Waals surface area (Å²) in [5.74, 6) is 0.885. The van der Waals surface area contributed by atoms with Gasteiger partial charge in [-0.3, -0.25) is 4.79 Å². The fourth-order valence-electron chi connectivity index (χ4n) is 2.83. The lowest BCUT2D eigenvalue weighted by Crippen LogP contribution is -2.52. The lowest BCUT2D eigenvalue weighted by atomic mass is 9.77. The first-order chi connectivity index (χ1) is 10.0. The van der Waals surface area contributed by atoms with Crippen LogP contribution in [0.1, 0.15) is 32.3 Å². The zero-order valence-corrected chi connectivity index (χ0v) is 14.5. The van der Waals surface area contributed by atoms with Crippen molar-refractivity contribution >= 4 is 18.3 Å². The molecule has 5 heteroatoms. The summed E-state index contributed by atoms with van der Waals surface area (Å²) in [4.78, 5) is 12.1. The summed E-state index contributed by atoms with van der Waals surface area (Å²) in [5.41, 5.74) is 1.25. The minimum absolute atomic E-state index is 0. The van der Waals surface area contributed by atoms with Gasteiger partial charge in [-0.25, -0.2) is 0 Å². The molecule has 2 N–H and O–H groups in total. The predicted molar refractivity (Wildman–Crippen MR) is 91.8 cm³/mol. The van der Waals surface area contributed by atoms with E-state index in [1.807, 2.05) is 24.3 Å². The van der Waals surface area contributed by atoms with E-state index in [1.165, 1.54) is 12.8 Å². The number of carbonyl (C=O) groups is 1. The summed E-state index contributed by atoms with van der Waals surface area (Å²) in [6.07, 6.45) is 2.83. The van der Waals surface area contributed by atoms with Gasteiger partial charge in [-0.1, -0.05) is 26.0 Å². The Morgan fingerprint density at radius 2 is 2.05 bits per heavy atom. The number of methoxy groups -OCH3 is 1. The zero-order chi connectivity index (χ0) is 15.3. The van der Waals surface area contributed by atoms with E-state index in [4.69, 9.17) is 4.74 Å². The van der Waals surface area contributed by atoms with Crippen LogP contribution in [0.5, 0.6) is 5.75 Å². The Morgan fingerprint density at radius 1 is 1.36 bits per heavy atom. The molecule has 0 saturated carbocycles. The number of hydrogen-bond donors (Lipinski definition) is 2. The molecule has 0 radical (unpaired) electrons. The molecule has 1 heterocycles. The van der Waals surface area contributed by atoms with Gasteiger partial charge in [-0.2, -0.15) is 0 Å². The van der Waals surface area contributed by atoms with Gasteiger partial charge in [-0.15, -0.1) is 12.4 Å². The van der Waals surface area contributed by atoms with Gasteiger partial charge in [0.15, 0.2) is 0 Å². The number of ether oxygens (including phenoxy) is 1. The van der Waals surface area contributed by atoms with E-state index in [2.05, 4.69) is 24.5 Å². The molecule has 1 unspecified atom stereocenters. The van der Waals surface area contributed by atoms with Gasteiger partial charge in [0.25, 0.3) is 0 Å². The van der Waals surface area contributed by atoms with Gasteiger partial charge in [0.1, 0.15) is 5.75 Å². The molecule has 1 saturated heterocycles. The van der Waals surface area contributed by atoms with E-state index in [0.717, 1.165) is 17.9 Å². The summed E-state index contributed by atoms with van der Waals surface area (Å²) >= 11 is 0. The van der Waals surface area contributed by atoms with Crippen molar-refractivity contribution in [1.82, 2.24) is 10.6 Å². The molecule has 124 valence electrons. The molecule has 1 fully saturated rings. The molecule has 0 bridgehead atoms. The van der Waals surface area contributed by atoms with Crippen molar-refractivity contribution < 1.29 is 9.53 Å². The van der Waals surface area contributed by atoms with Crippen LogP contribution in [-0.4, -0.2) is 32.1 Å². The fraction of sp³-hybridized carbons (Fsp3) is 0.588. The summed E-state index contributed by atoms with van der Waals surface area (Å²) in [6, 6.07) is 7.98. The molecular weight excluding hydrogens is 300 g/mol. The predicted octanol–water partition coefficient (Wildman–Crippen LogP) is 2.55. The summed E-state index contributed by atoms with van der Waals surface area (Å²) in [5, 5.41) is 6.56. The Kier molecular flexibility index (Phi) is 7.17. The number of halogens is 1. The minimum Gasteiger partial charge on any atom is -0.497 e. The summed E-state index contributed by atoms with van der Waals surface area (Å²) < 4.78 is 5.12. The molecule has 1 aliphatic rings. The Morgan fingerprint density at radius 3 is 2.64 bits per heavy atom. The van der Waals surface area contributed by atoms with Gasteiger partial charge >= 0.3 is 0 Å². The Balaban J connectivity index is 0.00000242. The highest BCUT2D eigenvalue weighted by atomic mass is 35.5. The highest BCUT2D eigenvalue weighted by Gasteiger charge is 2.31. The van der Waals surface area contributed by atoms with Crippen LogP contribution < -0.4 is 15.4 Å².